The number of nitrogens with one attached hydrogen (secondary N) is 1. The van der Waals surface area contributed by atoms with Crippen molar-refractivity contribution in [3.05, 3.63) is 33.9 Å². The van der Waals surface area contributed by atoms with Crippen LogP contribution in [0.2, 0.25) is 0 Å². The van der Waals surface area contributed by atoms with Gasteiger partial charge in [0.15, 0.2) is 0 Å². The molecular formula is C15H23N3O3. The van der Waals surface area contributed by atoms with Gasteiger partial charge in [0, 0.05) is 32.2 Å². The van der Waals surface area contributed by atoms with Gasteiger partial charge in [-0.15, -0.1) is 0 Å². The van der Waals surface area contributed by atoms with Crippen LogP contribution in [0.3, 0.4) is 0 Å². The van der Waals surface area contributed by atoms with Crippen molar-refractivity contribution in [3.8, 4) is 0 Å². The molecule has 1 aromatic rings. The van der Waals surface area contributed by atoms with Crippen LogP contribution in [-0.2, 0) is 11.3 Å². The van der Waals surface area contributed by atoms with Crippen LogP contribution in [0.15, 0.2) is 18.2 Å². The number of nitro benzene ring substituents is 1. The number of ether oxygens (including phenoxy) is 1. The maximum Gasteiger partial charge on any atom is 0.292 e. The molecule has 1 fully saturated rings. The van der Waals surface area contributed by atoms with Crippen molar-refractivity contribution in [1.82, 2.24) is 4.90 Å². The molecule has 1 aliphatic rings. The molecule has 2 unspecified atom stereocenters. The quantitative estimate of drug-likeness (QED) is 0.667. The molecule has 2 rings (SSSR count). The van der Waals surface area contributed by atoms with Crippen molar-refractivity contribution in [3.63, 3.8) is 0 Å². The van der Waals surface area contributed by atoms with Gasteiger partial charge in [-0.05, 0) is 18.9 Å². The molecule has 1 aliphatic heterocycles. The Balaban J connectivity index is 2.25. The lowest BCUT2D eigenvalue weighted by atomic mass is 10.1. The van der Waals surface area contributed by atoms with Crippen molar-refractivity contribution in [1.29, 1.82) is 0 Å². The zero-order chi connectivity index (χ0) is 15.4. The topological polar surface area (TPSA) is 67.6 Å². The van der Waals surface area contributed by atoms with Crippen LogP contribution in [0.4, 0.5) is 11.4 Å². The van der Waals surface area contributed by atoms with Gasteiger partial charge < -0.3 is 10.1 Å². The van der Waals surface area contributed by atoms with Crippen molar-refractivity contribution in [2.24, 2.45) is 0 Å². The minimum Gasteiger partial charge on any atom is -0.382 e. The van der Waals surface area contributed by atoms with E-state index in [0.29, 0.717) is 18.3 Å². The molecule has 2 atom stereocenters. The summed E-state index contributed by atoms with van der Waals surface area (Å²) in [5, 5.41) is 14.1. The Bertz CT molecular complexity index is 507. The molecule has 116 valence electrons. The summed E-state index contributed by atoms with van der Waals surface area (Å²) in [5.74, 6) is 0. The SMILES string of the molecule is CCC1COC(C)CN1Cc1cccc([N+](=O)[O-])c1NC. The molecule has 0 amide bonds. The first-order chi connectivity index (χ1) is 10.1. The van der Waals surface area contributed by atoms with E-state index < -0.39 is 0 Å². The van der Waals surface area contributed by atoms with Crippen LogP contribution in [0.5, 0.6) is 0 Å². The lowest BCUT2D eigenvalue weighted by molar-refractivity contribution is -0.384. The van der Waals surface area contributed by atoms with E-state index >= 15 is 0 Å². The van der Waals surface area contributed by atoms with E-state index in [4.69, 9.17) is 4.74 Å². The first kappa shape index (κ1) is 15.7. The lowest BCUT2D eigenvalue weighted by Gasteiger charge is -2.38. The van der Waals surface area contributed by atoms with E-state index in [0.717, 1.165) is 25.1 Å². The summed E-state index contributed by atoms with van der Waals surface area (Å²) in [6.45, 7) is 6.48. The predicted molar refractivity (Wildman–Crippen MR) is 82.5 cm³/mol. The van der Waals surface area contributed by atoms with Crippen molar-refractivity contribution in [2.45, 2.75) is 39.0 Å². The van der Waals surface area contributed by atoms with Gasteiger partial charge in [0.2, 0.25) is 0 Å². The molecule has 0 aromatic heterocycles. The van der Waals surface area contributed by atoms with Crippen LogP contribution in [0.1, 0.15) is 25.8 Å². The molecule has 21 heavy (non-hydrogen) atoms. The molecular weight excluding hydrogens is 270 g/mol. The summed E-state index contributed by atoms with van der Waals surface area (Å²) < 4.78 is 5.70. The molecule has 1 heterocycles. The van der Waals surface area contributed by atoms with E-state index in [1.165, 1.54) is 6.07 Å². The minimum atomic E-state index is -0.339. The zero-order valence-corrected chi connectivity index (χ0v) is 12.8. The van der Waals surface area contributed by atoms with Gasteiger partial charge in [-0.25, -0.2) is 0 Å². The van der Waals surface area contributed by atoms with Gasteiger partial charge in [-0.1, -0.05) is 19.1 Å². The maximum atomic E-state index is 11.1. The van der Waals surface area contributed by atoms with E-state index in [9.17, 15) is 10.1 Å². The molecule has 0 radical (unpaired) electrons. The predicted octanol–water partition coefficient (Wildman–Crippen LogP) is 2.64. The molecule has 0 bridgehead atoms. The third-order valence-corrected chi connectivity index (χ3v) is 4.00. The fraction of sp³-hybridized carbons (Fsp3) is 0.600. The molecule has 1 aromatic carbocycles. The van der Waals surface area contributed by atoms with Crippen molar-refractivity contribution >= 4 is 11.4 Å². The van der Waals surface area contributed by atoms with Crippen LogP contribution in [-0.4, -0.2) is 42.2 Å². The largest absolute Gasteiger partial charge is 0.382 e. The lowest BCUT2D eigenvalue weighted by Crippen LogP contribution is -2.47. The molecule has 0 saturated carbocycles. The Morgan fingerprint density at radius 3 is 2.90 bits per heavy atom. The average molecular weight is 293 g/mol. The molecule has 1 N–H and O–H groups in total. The number of hydrogen-bond acceptors (Lipinski definition) is 5. The third-order valence-electron chi connectivity index (χ3n) is 4.00. The highest BCUT2D eigenvalue weighted by atomic mass is 16.6. The number of morpholine rings is 1. The first-order valence-electron chi connectivity index (χ1n) is 7.36. The highest BCUT2D eigenvalue weighted by molar-refractivity contribution is 5.66. The second-order valence-corrected chi connectivity index (χ2v) is 5.45. The minimum absolute atomic E-state index is 0.129. The number of rotatable bonds is 5. The summed E-state index contributed by atoms with van der Waals surface area (Å²) >= 11 is 0. The number of hydrogen-bond donors (Lipinski definition) is 1. The number of benzene rings is 1. The summed E-state index contributed by atoms with van der Waals surface area (Å²) in [6.07, 6.45) is 1.21. The molecule has 1 saturated heterocycles. The van der Waals surface area contributed by atoms with Gasteiger partial charge in [0.25, 0.3) is 5.69 Å². The van der Waals surface area contributed by atoms with E-state index in [2.05, 4.69) is 24.1 Å². The van der Waals surface area contributed by atoms with Crippen LogP contribution in [0.25, 0.3) is 0 Å². The van der Waals surface area contributed by atoms with E-state index in [1.807, 2.05) is 6.07 Å². The fourth-order valence-corrected chi connectivity index (χ4v) is 2.86. The van der Waals surface area contributed by atoms with Gasteiger partial charge in [-0.3, -0.25) is 15.0 Å². The Hall–Kier alpha value is -1.66. The van der Waals surface area contributed by atoms with Gasteiger partial charge in [0.05, 0.1) is 17.6 Å². The van der Waals surface area contributed by atoms with E-state index in [1.54, 1.807) is 13.1 Å². The normalized spacial score (nSPS) is 23.0. The molecule has 0 spiro atoms. The smallest absolute Gasteiger partial charge is 0.292 e. The van der Waals surface area contributed by atoms with Gasteiger partial charge >= 0.3 is 0 Å². The maximum absolute atomic E-state index is 11.1. The Morgan fingerprint density at radius 2 is 2.29 bits per heavy atom. The highest BCUT2D eigenvalue weighted by Crippen LogP contribution is 2.30. The monoisotopic (exact) mass is 293 g/mol. The zero-order valence-electron chi connectivity index (χ0n) is 12.8. The van der Waals surface area contributed by atoms with Crippen LogP contribution >= 0.6 is 0 Å². The van der Waals surface area contributed by atoms with Crippen LogP contribution in [0, 0.1) is 10.1 Å². The second-order valence-electron chi connectivity index (χ2n) is 5.45. The summed E-state index contributed by atoms with van der Waals surface area (Å²) in [7, 11) is 1.73. The number of nitrogens with zero attached hydrogens (tertiary/aromatic N) is 2. The van der Waals surface area contributed by atoms with Crippen molar-refractivity contribution < 1.29 is 9.66 Å². The van der Waals surface area contributed by atoms with Crippen molar-refractivity contribution in [2.75, 3.05) is 25.5 Å². The number of para-hydroxylation sites is 1. The first-order valence-corrected chi connectivity index (χ1v) is 7.36. The standard InChI is InChI=1S/C15H23N3O3/c1-4-13-10-21-11(2)8-17(13)9-12-6-5-7-14(18(19)20)15(12)16-3/h5-7,11,13,16H,4,8-10H2,1-3H3. The van der Waals surface area contributed by atoms with Gasteiger partial charge in [0.1, 0.15) is 5.69 Å². The number of anilines is 1. The molecule has 6 nitrogen and oxygen atoms in total. The highest BCUT2D eigenvalue weighted by Gasteiger charge is 2.27. The van der Waals surface area contributed by atoms with Crippen LogP contribution < -0.4 is 5.32 Å². The summed E-state index contributed by atoms with van der Waals surface area (Å²) in [4.78, 5) is 13.1. The second kappa shape index (κ2) is 6.87. The molecule has 0 aliphatic carbocycles. The fourth-order valence-electron chi connectivity index (χ4n) is 2.86. The van der Waals surface area contributed by atoms with Gasteiger partial charge in [-0.2, -0.15) is 0 Å². The number of nitro groups is 1. The van der Waals surface area contributed by atoms with E-state index in [-0.39, 0.29) is 16.7 Å². The third kappa shape index (κ3) is 3.51. The average Bonchev–Trinajstić information content (AvgIpc) is 2.47. The molecule has 6 heteroatoms. The summed E-state index contributed by atoms with van der Waals surface area (Å²) in [5.41, 5.74) is 1.69. The Labute approximate surface area is 125 Å². The summed E-state index contributed by atoms with van der Waals surface area (Å²) in [6, 6.07) is 5.60. The Kier molecular flexibility index (Phi) is 5.14. The Morgan fingerprint density at radius 1 is 1.52 bits per heavy atom.